The van der Waals surface area contributed by atoms with Crippen LogP contribution in [0.15, 0.2) is 4.52 Å². The van der Waals surface area contributed by atoms with Crippen molar-refractivity contribution in [1.29, 1.82) is 0 Å². The van der Waals surface area contributed by atoms with Crippen molar-refractivity contribution < 1.29 is 9.32 Å². The number of rotatable bonds is 4. The van der Waals surface area contributed by atoms with Crippen LogP contribution in [0.3, 0.4) is 0 Å². The molecule has 0 aromatic carbocycles. The molecule has 2 amide bonds. The van der Waals surface area contributed by atoms with E-state index in [2.05, 4.69) is 20.8 Å². The van der Waals surface area contributed by atoms with E-state index in [9.17, 15) is 4.79 Å². The summed E-state index contributed by atoms with van der Waals surface area (Å²) in [5.41, 5.74) is 2.58. The maximum Gasteiger partial charge on any atom is 0.319 e. The van der Waals surface area contributed by atoms with Crippen LogP contribution < -0.4 is 10.6 Å². The van der Waals surface area contributed by atoms with Crippen LogP contribution in [0.25, 0.3) is 0 Å². The largest absolute Gasteiger partial charge is 0.359 e. The van der Waals surface area contributed by atoms with Gasteiger partial charge in [0.15, 0.2) is 5.76 Å². The average Bonchev–Trinajstić information content (AvgIpc) is 3.09. The Morgan fingerprint density at radius 3 is 2.95 bits per heavy atom. The Balaban J connectivity index is 1.58. The summed E-state index contributed by atoms with van der Waals surface area (Å²) >= 11 is 1.71. The molecule has 22 heavy (non-hydrogen) atoms. The Morgan fingerprint density at radius 1 is 1.36 bits per heavy atom. The minimum absolute atomic E-state index is 0.255. The van der Waals surface area contributed by atoms with Gasteiger partial charge in [-0.2, -0.15) is 0 Å². The van der Waals surface area contributed by atoms with Crippen molar-refractivity contribution in [3.63, 3.8) is 0 Å². The van der Waals surface area contributed by atoms with Crippen molar-refractivity contribution in [2.24, 2.45) is 0 Å². The van der Waals surface area contributed by atoms with Crippen LogP contribution in [0, 0.1) is 6.92 Å². The fourth-order valence-electron chi connectivity index (χ4n) is 2.61. The third-order valence-corrected chi connectivity index (χ3v) is 4.94. The summed E-state index contributed by atoms with van der Waals surface area (Å²) in [5.74, 6) is 0.692. The first-order valence-electron chi connectivity index (χ1n) is 7.64. The van der Waals surface area contributed by atoms with Crippen molar-refractivity contribution in [2.75, 3.05) is 5.32 Å². The molecule has 0 fully saturated rings. The topological polar surface area (TPSA) is 80.0 Å². The predicted molar refractivity (Wildman–Crippen MR) is 85.2 cm³/mol. The van der Waals surface area contributed by atoms with Crippen LogP contribution in [-0.2, 0) is 25.8 Å². The summed E-state index contributed by atoms with van der Waals surface area (Å²) in [5, 5.41) is 10.5. The lowest BCUT2D eigenvalue weighted by atomic mass is 10.0. The Kier molecular flexibility index (Phi) is 4.42. The number of thiazole rings is 1. The molecule has 2 aromatic heterocycles. The molecule has 2 aromatic rings. The molecule has 7 heteroatoms. The first-order valence-corrected chi connectivity index (χ1v) is 8.46. The van der Waals surface area contributed by atoms with E-state index in [1.807, 2.05) is 13.8 Å². The molecule has 118 valence electrons. The van der Waals surface area contributed by atoms with Crippen molar-refractivity contribution in [1.82, 2.24) is 15.5 Å². The number of amides is 2. The number of anilines is 1. The van der Waals surface area contributed by atoms with Crippen LogP contribution >= 0.6 is 11.3 Å². The number of hydrogen-bond acceptors (Lipinski definition) is 5. The van der Waals surface area contributed by atoms with Gasteiger partial charge >= 0.3 is 6.03 Å². The van der Waals surface area contributed by atoms with Gasteiger partial charge in [-0.05, 0) is 32.6 Å². The molecule has 2 heterocycles. The monoisotopic (exact) mass is 320 g/mol. The quantitative estimate of drug-likeness (QED) is 0.906. The molecule has 0 radical (unpaired) electrons. The number of aryl methyl sites for hydroxylation is 4. The van der Waals surface area contributed by atoms with E-state index in [-0.39, 0.29) is 6.03 Å². The Hall–Kier alpha value is -1.89. The zero-order valence-electron chi connectivity index (χ0n) is 12.9. The summed E-state index contributed by atoms with van der Waals surface area (Å²) in [7, 11) is 0. The van der Waals surface area contributed by atoms with E-state index in [0.29, 0.717) is 30.1 Å². The maximum atomic E-state index is 12.0. The van der Waals surface area contributed by atoms with Crippen molar-refractivity contribution in [3.05, 3.63) is 27.0 Å². The number of carbonyl (C=O) groups is 1. The molecule has 2 N–H and O–H groups in total. The first-order chi connectivity index (χ1) is 10.7. The highest BCUT2D eigenvalue weighted by Crippen LogP contribution is 2.26. The summed E-state index contributed by atoms with van der Waals surface area (Å²) in [6, 6.07) is -0.255. The zero-order valence-corrected chi connectivity index (χ0v) is 13.7. The van der Waals surface area contributed by atoms with Gasteiger partial charge < -0.3 is 15.2 Å². The van der Waals surface area contributed by atoms with Gasteiger partial charge in [0.05, 0.1) is 12.2 Å². The number of urea groups is 1. The summed E-state index contributed by atoms with van der Waals surface area (Å²) in [6.07, 6.45) is 5.35. The van der Waals surface area contributed by atoms with Gasteiger partial charge in [0, 0.05) is 11.3 Å². The van der Waals surface area contributed by atoms with E-state index < -0.39 is 0 Å². The van der Waals surface area contributed by atoms with Crippen LogP contribution in [-0.4, -0.2) is 16.2 Å². The average molecular weight is 320 g/mol. The van der Waals surface area contributed by atoms with Gasteiger partial charge in [-0.15, -0.1) is 11.3 Å². The molecule has 0 aliphatic heterocycles. The lowest BCUT2D eigenvalue weighted by Gasteiger charge is -2.06. The van der Waals surface area contributed by atoms with E-state index in [4.69, 9.17) is 4.52 Å². The molecule has 0 saturated carbocycles. The lowest BCUT2D eigenvalue weighted by molar-refractivity contribution is 0.251. The first kappa shape index (κ1) is 15.0. The Bertz CT molecular complexity index is 654. The van der Waals surface area contributed by atoms with E-state index in [0.717, 1.165) is 17.8 Å². The maximum absolute atomic E-state index is 12.0. The zero-order chi connectivity index (χ0) is 15.5. The lowest BCUT2D eigenvalue weighted by Crippen LogP contribution is -2.28. The second kappa shape index (κ2) is 6.48. The standard InChI is InChI=1S/C15H20N4O2S/c1-3-11-14(9(2)19-21-11)18-15(20)16-8-13-17-10-6-4-5-7-12(10)22-13/h3-8H2,1-2H3,(H2,16,18,20). The number of hydrogen-bond donors (Lipinski definition) is 2. The number of nitrogens with zero attached hydrogens (tertiary/aromatic N) is 2. The molecular weight excluding hydrogens is 300 g/mol. The van der Waals surface area contributed by atoms with Crippen molar-refractivity contribution >= 4 is 23.1 Å². The van der Waals surface area contributed by atoms with Gasteiger partial charge in [0.25, 0.3) is 0 Å². The fourth-order valence-corrected chi connectivity index (χ4v) is 3.71. The highest BCUT2D eigenvalue weighted by molar-refractivity contribution is 7.11. The number of aromatic nitrogens is 2. The highest BCUT2D eigenvalue weighted by atomic mass is 32.1. The number of fused-ring (bicyclic) bond motifs is 1. The molecule has 1 aliphatic carbocycles. The van der Waals surface area contributed by atoms with Gasteiger partial charge in [0.2, 0.25) is 0 Å². The molecule has 0 saturated heterocycles. The van der Waals surface area contributed by atoms with Crippen molar-refractivity contribution in [2.45, 2.75) is 52.5 Å². The Morgan fingerprint density at radius 2 is 2.18 bits per heavy atom. The van der Waals surface area contributed by atoms with Crippen LogP contribution in [0.2, 0.25) is 0 Å². The van der Waals surface area contributed by atoms with Gasteiger partial charge in [-0.1, -0.05) is 12.1 Å². The molecule has 0 unspecified atom stereocenters. The molecular formula is C15H20N4O2S. The number of nitrogens with one attached hydrogen (secondary N) is 2. The molecule has 0 spiro atoms. The van der Waals surface area contributed by atoms with E-state index in [1.54, 1.807) is 11.3 Å². The second-order valence-electron chi connectivity index (χ2n) is 5.41. The molecule has 3 rings (SSSR count). The van der Waals surface area contributed by atoms with Gasteiger partial charge in [0.1, 0.15) is 16.4 Å². The highest BCUT2D eigenvalue weighted by Gasteiger charge is 2.17. The number of carbonyl (C=O) groups excluding carboxylic acids is 1. The molecule has 6 nitrogen and oxygen atoms in total. The smallest absolute Gasteiger partial charge is 0.319 e. The van der Waals surface area contributed by atoms with Gasteiger partial charge in [-0.3, -0.25) is 0 Å². The fraction of sp³-hybridized carbons (Fsp3) is 0.533. The summed E-state index contributed by atoms with van der Waals surface area (Å²) in [4.78, 5) is 18.0. The minimum Gasteiger partial charge on any atom is -0.359 e. The molecule has 1 aliphatic rings. The van der Waals surface area contributed by atoms with Crippen LogP contribution in [0.1, 0.15) is 46.8 Å². The van der Waals surface area contributed by atoms with Crippen LogP contribution in [0.5, 0.6) is 0 Å². The summed E-state index contributed by atoms with van der Waals surface area (Å²) < 4.78 is 5.16. The molecule has 0 bridgehead atoms. The normalized spacial score (nSPS) is 13.7. The third kappa shape index (κ3) is 3.14. The second-order valence-corrected chi connectivity index (χ2v) is 6.58. The van der Waals surface area contributed by atoms with Gasteiger partial charge in [-0.25, -0.2) is 9.78 Å². The van der Waals surface area contributed by atoms with E-state index >= 15 is 0 Å². The predicted octanol–water partition coefficient (Wildman–Crippen LogP) is 3.20. The van der Waals surface area contributed by atoms with E-state index in [1.165, 1.54) is 23.4 Å². The molecule has 0 atom stereocenters. The minimum atomic E-state index is -0.255. The Labute approximate surface area is 133 Å². The summed E-state index contributed by atoms with van der Waals surface area (Å²) in [6.45, 7) is 4.23. The van der Waals surface area contributed by atoms with Crippen molar-refractivity contribution in [3.8, 4) is 0 Å². The van der Waals surface area contributed by atoms with Crippen LogP contribution in [0.4, 0.5) is 10.5 Å². The SMILES string of the molecule is CCc1onc(C)c1NC(=O)NCc1nc2c(s1)CCCC2. The third-order valence-electron chi connectivity index (χ3n) is 3.78.